The fourth-order valence-corrected chi connectivity index (χ4v) is 3.65. The van der Waals surface area contributed by atoms with E-state index in [1.165, 1.54) is 4.31 Å². The van der Waals surface area contributed by atoms with Crippen molar-refractivity contribution in [3.63, 3.8) is 0 Å². The molecule has 0 aliphatic carbocycles. The van der Waals surface area contributed by atoms with Crippen LogP contribution in [0.25, 0.3) is 0 Å². The third-order valence-electron chi connectivity index (χ3n) is 3.54. The van der Waals surface area contributed by atoms with Gasteiger partial charge in [0.15, 0.2) is 5.82 Å². The van der Waals surface area contributed by atoms with Crippen LogP contribution in [0.4, 0.5) is 5.82 Å². The zero-order valence-electron chi connectivity index (χ0n) is 12.0. The van der Waals surface area contributed by atoms with Gasteiger partial charge in [-0.15, -0.1) is 5.10 Å². The second-order valence-corrected chi connectivity index (χ2v) is 6.80. The van der Waals surface area contributed by atoms with Gasteiger partial charge in [-0.25, -0.2) is 13.2 Å². The number of carboxylic acid groups (broad SMARTS) is 1. The van der Waals surface area contributed by atoms with Crippen molar-refractivity contribution in [2.24, 2.45) is 0 Å². The highest BCUT2D eigenvalue weighted by Gasteiger charge is 2.31. The van der Waals surface area contributed by atoms with Gasteiger partial charge in [-0.1, -0.05) is 0 Å². The Labute approximate surface area is 132 Å². The summed E-state index contributed by atoms with van der Waals surface area (Å²) >= 11 is 0. The van der Waals surface area contributed by atoms with E-state index in [1.54, 1.807) is 12.3 Å². The highest BCUT2D eigenvalue weighted by Crippen LogP contribution is 2.21. The number of aromatic nitrogens is 2. The molecule has 1 saturated heterocycles. The quantitative estimate of drug-likeness (QED) is 0.845. The zero-order chi connectivity index (χ0) is 16.4. The highest BCUT2D eigenvalue weighted by atomic mass is 32.2. The molecule has 1 N–H and O–H groups in total. The van der Waals surface area contributed by atoms with Gasteiger partial charge in [-0.3, -0.25) is 0 Å². The molecule has 0 amide bonds. The summed E-state index contributed by atoms with van der Waals surface area (Å²) in [6.45, 7) is 1.43. The Bertz CT molecular complexity index is 797. The van der Waals surface area contributed by atoms with Crippen LogP contribution in [0.2, 0.25) is 0 Å². The maximum Gasteiger partial charge on any atom is 0.339 e. The Morgan fingerprint density at radius 2 is 2.00 bits per heavy atom. The molecule has 2 aromatic rings. The van der Waals surface area contributed by atoms with Crippen molar-refractivity contribution in [3.05, 3.63) is 36.2 Å². The lowest BCUT2D eigenvalue weighted by molar-refractivity contribution is 0.0696. The predicted molar refractivity (Wildman–Crippen MR) is 78.7 cm³/mol. The summed E-state index contributed by atoms with van der Waals surface area (Å²) < 4.78 is 31.1. The Kier molecular flexibility index (Phi) is 4.01. The summed E-state index contributed by atoms with van der Waals surface area (Å²) in [5.41, 5.74) is -0.193. The van der Waals surface area contributed by atoms with Crippen LogP contribution in [0.3, 0.4) is 0 Å². The monoisotopic (exact) mass is 338 g/mol. The molecule has 0 saturated carbocycles. The van der Waals surface area contributed by atoms with Crippen molar-refractivity contribution in [1.29, 1.82) is 0 Å². The average Bonchev–Trinajstić information content (AvgIpc) is 3.07. The van der Waals surface area contributed by atoms with Gasteiger partial charge >= 0.3 is 5.97 Å². The van der Waals surface area contributed by atoms with Crippen LogP contribution in [0, 0.1) is 0 Å². The molecule has 23 heavy (non-hydrogen) atoms. The minimum absolute atomic E-state index is 0.193. The van der Waals surface area contributed by atoms with E-state index in [0.717, 1.165) is 12.3 Å². The first-order valence-electron chi connectivity index (χ1n) is 6.83. The van der Waals surface area contributed by atoms with E-state index in [0.29, 0.717) is 18.9 Å². The van der Waals surface area contributed by atoms with E-state index >= 15 is 0 Å². The number of piperazine rings is 1. The van der Waals surface area contributed by atoms with Crippen LogP contribution < -0.4 is 4.90 Å². The largest absolute Gasteiger partial charge is 0.478 e. The predicted octanol–water partition coefficient (Wildman–Crippen LogP) is 0.279. The number of hydrogen-bond donors (Lipinski definition) is 1. The minimum atomic E-state index is -3.84. The second-order valence-electron chi connectivity index (χ2n) is 4.93. The van der Waals surface area contributed by atoms with Gasteiger partial charge in [0.1, 0.15) is 6.26 Å². The molecule has 9 nitrogen and oxygen atoms in total. The molecule has 1 aliphatic heterocycles. The maximum absolute atomic E-state index is 12.5. The molecule has 10 heteroatoms. The van der Waals surface area contributed by atoms with E-state index in [-0.39, 0.29) is 23.7 Å². The van der Waals surface area contributed by atoms with E-state index in [9.17, 15) is 13.2 Å². The summed E-state index contributed by atoms with van der Waals surface area (Å²) in [7, 11) is -3.84. The van der Waals surface area contributed by atoms with Crippen molar-refractivity contribution >= 4 is 21.8 Å². The normalized spacial score (nSPS) is 16.4. The number of anilines is 1. The standard InChI is InChI=1S/C13H14N4O5S/c18-13(19)10-8-12(22-9-10)23(20,21)17-6-4-16(5-7-17)11-2-1-3-14-15-11/h1-3,8-9H,4-7H2,(H,18,19). The van der Waals surface area contributed by atoms with Gasteiger partial charge in [0, 0.05) is 38.4 Å². The summed E-state index contributed by atoms with van der Waals surface area (Å²) in [6.07, 6.45) is 2.49. The van der Waals surface area contributed by atoms with Gasteiger partial charge in [-0.05, 0) is 12.1 Å². The Morgan fingerprint density at radius 1 is 1.26 bits per heavy atom. The molecule has 0 bridgehead atoms. The van der Waals surface area contributed by atoms with E-state index < -0.39 is 16.0 Å². The first-order chi connectivity index (χ1) is 11.0. The van der Waals surface area contributed by atoms with Crippen LogP contribution in [0.5, 0.6) is 0 Å². The molecule has 2 aromatic heterocycles. The Hall–Kier alpha value is -2.46. The number of sulfonamides is 1. The van der Waals surface area contributed by atoms with Crippen molar-refractivity contribution in [1.82, 2.24) is 14.5 Å². The number of nitrogens with zero attached hydrogens (tertiary/aromatic N) is 4. The first-order valence-corrected chi connectivity index (χ1v) is 8.27. The lowest BCUT2D eigenvalue weighted by atomic mass is 10.3. The van der Waals surface area contributed by atoms with E-state index in [2.05, 4.69) is 10.2 Å². The number of furan rings is 1. The maximum atomic E-state index is 12.5. The van der Waals surface area contributed by atoms with Gasteiger partial charge in [-0.2, -0.15) is 9.40 Å². The molecule has 0 aromatic carbocycles. The smallest absolute Gasteiger partial charge is 0.339 e. The third-order valence-corrected chi connectivity index (χ3v) is 5.30. The summed E-state index contributed by atoms with van der Waals surface area (Å²) in [5.74, 6) is -0.543. The second kappa shape index (κ2) is 5.97. The number of hydrogen-bond acceptors (Lipinski definition) is 7. The molecular formula is C13H14N4O5S. The fraction of sp³-hybridized carbons (Fsp3) is 0.308. The summed E-state index contributed by atoms with van der Waals surface area (Å²) in [5, 5.41) is 16.3. The zero-order valence-corrected chi connectivity index (χ0v) is 12.8. The third kappa shape index (κ3) is 3.03. The topological polar surface area (TPSA) is 117 Å². The number of carbonyl (C=O) groups is 1. The first kappa shape index (κ1) is 15.4. The van der Waals surface area contributed by atoms with Gasteiger partial charge in [0.2, 0.25) is 5.09 Å². The van der Waals surface area contributed by atoms with Gasteiger partial charge < -0.3 is 14.4 Å². The van der Waals surface area contributed by atoms with Crippen LogP contribution in [0.1, 0.15) is 10.4 Å². The van der Waals surface area contributed by atoms with Crippen LogP contribution in [0.15, 0.2) is 40.2 Å². The summed E-state index contributed by atoms with van der Waals surface area (Å²) in [6, 6.07) is 4.59. The van der Waals surface area contributed by atoms with Crippen molar-refractivity contribution in [3.8, 4) is 0 Å². The van der Waals surface area contributed by atoms with Gasteiger partial charge in [0.05, 0.1) is 5.56 Å². The fourth-order valence-electron chi connectivity index (χ4n) is 2.31. The van der Waals surface area contributed by atoms with Crippen LogP contribution in [-0.2, 0) is 10.0 Å². The molecular weight excluding hydrogens is 324 g/mol. The molecule has 0 atom stereocenters. The molecule has 1 aliphatic rings. The van der Waals surface area contributed by atoms with E-state index in [4.69, 9.17) is 9.52 Å². The Morgan fingerprint density at radius 3 is 2.57 bits per heavy atom. The van der Waals surface area contributed by atoms with Crippen LogP contribution >= 0.6 is 0 Å². The molecule has 0 radical (unpaired) electrons. The van der Waals surface area contributed by atoms with Crippen molar-refractivity contribution in [2.45, 2.75) is 5.09 Å². The highest BCUT2D eigenvalue weighted by molar-refractivity contribution is 7.89. The molecule has 3 heterocycles. The molecule has 3 rings (SSSR count). The lowest BCUT2D eigenvalue weighted by Gasteiger charge is -2.33. The average molecular weight is 338 g/mol. The lowest BCUT2D eigenvalue weighted by Crippen LogP contribution is -2.48. The van der Waals surface area contributed by atoms with Crippen molar-refractivity contribution in [2.75, 3.05) is 31.1 Å². The SMILES string of the molecule is O=C(O)c1coc(S(=O)(=O)N2CCN(c3cccnn3)CC2)c1. The molecule has 0 spiro atoms. The van der Waals surface area contributed by atoms with Gasteiger partial charge in [0.25, 0.3) is 10.0 Å². The molecule has 122 valence electrons. The van der Waals surface area contributed by atoms with E-state index in [1.807, 2.05) is 11.0 Å². The number of carboxylic acids is 1. The number of rotatable bonds is 4. The summed E-state index contributed by atoms with van der Waals surface area (Å²) in [4.78, 5) is 12.8. The minimum Gasteiger partial charge on any atom is -0.478 e. The number of aromatic carboxylic acids is 1. The molecule has 0 unspecified atom stereocenters. The van der Waals surface area contributed by atoms with Crippen molar-refractivity contribution < 1.29 is 22.7 Å². The molecule has 1 fully saturated rings. The Balaban J connectivity index is 1.72. The van der Waals surface area contributed by atoms with Crippen LogP contribution in [-0.4, -0.2) is 60.2 Å².